The van der Waals surface area contributed by atoms with Crippen LogP contribution < -0.4 is 14.9 Å². The summed E-state index contributed by atoms with van der Waals surface area (Å²) in [4.78, 5) is 22.5. The van der Waals surface area contributed by atoms with Crippen LogP contribution in [0.4, 0.5) is 0 Å². The Morgan fingerprint density at radius 3 is 2.41 bits per heavy atom. The van der Waals surface area contributed by atoms with Gasteiger partial charge in [-0.2, -0.15) is 5.10 Å². The monoisotopic (exact) mass is 562 g/mol. The quantitative estimate of drug-likeness (QED) is 0.374. The van der Waals surface area contributed by atoms with E-state index in [-0.39, 0.29) is 6.61 Å². The number of carboxylic acids is 1. The topological polar surface area (TPSA) is 97.2 Å². The zero-order valence-electron chi connectivity index (χ0n) is 13.6. The van der Waals surface area contributed by atoms with E-state index in [1.54, 1.807) is 36.4 Å². The number of carbonyl (C=O) groups is 2. The number of nitrogens with zero attached hydrogens (tertiary/aromatic N) is 1. The molecule has 2 rings (SSSR count). The van der Waals surface area contributed by atoms with Crippen LogP contribution in [0.1, 0.15) is 5.56 Å². The number of benzene rings is 2. The predicted octanol–water partition coefficient (Wildman–Crippen LogP) is 3.97. The summed E-state index contributed by atoms with van der Waals surface area (Å²) in [5.74, 6) is -0.712. The molecule has 0 heterocycles. The molecule has 27 heavy (non-hydrogen) atoms. The lowest BCUT2D eigenvalue weighted by atomic mass is 10.2. The standard InChI is InChI=1S/C17H13Br3N2O5/c18-11-5-12(19)17(13(20)6-11)27-8-15(23)22-21-7-10-3-1-2-4-14(10)26-9-16(24)25/h1-7H,8-9H2,(H,22,23)(H,24,25). The maximum Gasteiger partial charge on any atom is 0.341 e. The van der Waals surface area contributed by atoms with Gasteiger partial charge in [-0.3, -0.25) is 4.79 Å². The molecule has 0 aromatic heterocycles. The van der Waals surface area contributed by atoms with Gasteiger partial charge < -0.3 is 14.6 Å². The molecule has 0 unspecified atom stereocenters. The summed E-state index contributed by atoms with van der Waals surface area (Å²) in [6, 6.07) is 10.3. The highest BCUT2D eigenvalue weighted by Gasteiger charge is 2.10. The Morgan fingerprint density at radius 1 is 1.07 bits per heavy atom. The first kappa shape index (κ1) is 21.4. The summed E-state index contributed by atoms with van der Waals surface area (Å²) in [6.07, 6.45) is 1.36. The summed E-state index contributed by atoms with van der Waals surface area (Å²) < 4.78 is 12.9. The van der Waals surface area contributed by atoms with Gasteiger partial charge in [0.1, 0.15) is 11.5 Å². The van der Waals surface area contributed by atoms with E-state index in [1.165, 1.54) is 6.21 Å². The zero-order chi connectivity index (χ0) is 19.8. The summed E-state index contributed by atoms with van der Waals surface area (Å²) in [7, 11) is 0. The van der Waals surface area contributed by atoms with Gasteiger partial charge in [-0.05, 0) is 56.1 Å². The first-order valence-electron chi connectivity index (χ1n) is 7.39. The number of nitrogens with one attached hydrogen (secondary N) is 1. The first-order chi connectivity index (χ1) is 12.9. The molecule has 142 valence electrons. The number of hydrogen-bond donors (Lipinski definition) is 2. The molecule has 0 bridgehead atoms. The molecule has 1 amide bonds. The van der Waals surface area contributed by atoms with Crippen molar-refractivity contribution in [2.75, 3.05) is 13.2 Å². The van der Waals surface area contributed by atoms with Crippen LogP contribution in [0.3, 0.4) is 0 Å². The number of para-hydroxylation sites is 1. The van der Waals surface area contributed by atoms with Gasteiger partial charge in [0.25, 0.3) is 5.91 Å². The predicted molar refractivity (Wildman–Crippen MR) is 110 cm³/mol. The molecule has 2 N–H and O–H groups in total. The third-order valence-corrected chi connectivity index (χ3v) is 4.61. The van der Waals surface area contributed by atoms with E-state index in [2.05, 4.69) is 58.3 Å². The second kappa shape index (κ2) is 10.4. The van der Waals surface area contributed by atoms with Crippen LogP contribution in [0.15, 0.2) is 54.9 Å². The van der Waals surface area contributed by atoms with Crippen molar-refractivity contribution in [1.82, 2.24) is 5.43 Å². The molecule has 2 aromatic rings. The van der Waals surface area contributed by atoms with Gasteiger partial charge in [0.05, 0.1) is 15.2 Å². The number of carbonyl (C=O) groups excluding carboxylic acids is 1. The van der Waals surface area contributed by atoms with Gasteiger partial charge >= 0.3 is 5.97 Å². The average Bonchev–Trinajstić information content (AvgIpc) is 2.60. The van der Waals surface area contributed by atoms with E-state index in [9.17, 15) is 9.59 Å². The number of rotatable bonds is 8. The van der Waals surface area contributed by atoms with E-state index in [4.69, 9.17) is 14.6 Å². The molecule has 7 nitrogen and oxygen atoms in total. The van der Waals surface area contributed by atoms with Crippen LogP contribution >= 0.6 is 47.8 Å². The minimum absolute atomic E-state index is 0.243. The zero-order valence-corrected chi connectivity index (χ0v) is 18.4. The Hall–Kier alpha value is -1.91. The lowest BCUT2D eigenvalue weighted by Gasteiger charge is -2.10. The minimum Gasteiger partial charge on any atom is -0.481 e. The fourth-order valence-electron chi connectivity index (χ4n) is 1.87. The fraction of sp³-hybridized carbons (Fsp3) is 0.118. The number of amides is 1. The molecule has 0 aliphatic carbocycles. The molecular weight excluding hydrogens is 552 g/mol. The van der Waals surface area contributed by atoms with Gasteiger partial charge in [0, 0.05) is 10.0 Å². The Morgan fingerprint density at radius 2 is 1.74 bits per heavy atom. The van der Waals surface area contributed by atoms with E-state index >= 15 is 0 Å². The van der Waals surface area contributed by atoms with Crippen molar-refractivity contribution in [2.45, 2.75) is 0 Å². The van der Waals surface area contributed by atoms with Gasteiger partial charge in [0.15, 0.2) is 13.2 Å². The van der Waals surface area contributed by atoms with Gasteiger partial charge in [-0.25, -0.2) is 10.2 Å². The molecule has 0 aliphatic heterocycles. The van der Waals surface area contributed by atoms with E-state index in [1.807, 2.05) is 0 Å². The third-order valence-electron chi connectivity index (χ3n) is 2.97. The SMILES string of the molecule is O=C(O)COc1ccccc1C=NNC(=O)COc1c(Br)cc(Br)cc1Br. The first-order valence-corrected chi connectivity index (χ1v) is 9.77. The van der Waals surface area contributed by atoms with Crippen LogP contribution in [-0.2, 0) is 9.59 Å². The molecule has 0 atom stereocenters. The molecule has 0 radical (unpaired) electrons. The summed E-state index contributed by atoms with van der Waals surface area (Å²) in [5.41, 5.74) is 2.86. The lowest BCUT2D eigenvalue weighted by Crippen LogP contribution is -2.24. The maximum atomic E-state index is 11.9. The second-order valence-electron chi connectivity index (χ2n) is 5.00. The molecule has 2 aromatic carbocycles. The van der Waals surface area contributed by atoms with Crippen LogP contribution in [0, 0.1) is 0 Å². The van der Waals surface area contributed by atoms with Crippen LogP contribution in [-0.4, -0.2) is 36.4 Å². The number of hydrazone groups is 1. The average molecular weight is 565 g/mol. The van der Waals surface area contributed by atoms with Gasteiger partial charge in [-0.1, -0.05) is 28.1 Å². The molecule has 0 saturated heterocycles. The highest BCUT2D eigenvalue weighted by molar-refractivity contribution is 9.11. The van der Waals surface area contributed by atoms with Crippen molar-refractivity contribution < 1.29 is 24.2 Å². The normalized spacial score (nSPS) is 10.6. The van der Waals surface area contributed by atoms with Crippen molar-refractivity contribution in [2.24, 2.45) is 5.10 Å². The molecular formula is C17H13Br3N2O5. The highest BCUT2D eigenvalue weighted by atomic mass is 79.9. The molecule has 0 spiro atoms. The van der Waals surface area contributed by atoms with Crippen LogP contribution in [0.5, 0.6) is 11.5 Å². The van der Waals surface area contributed by atoms with Gasteiger partial charge in [0.2, 0.25) is 0 Å². The summed E-state index contributed by atoms with van der Waals surface area (Å²) in [5, 5.41) is 12.5. The number of halogens is 3. The summed E-state index contributed by atoms with van der Waals surface area (Å²) in [6.45, 7) is -0.713. The van der Waals surface area contributed by atoms with E-state index in [0.717, 1.165) is 4.47 Å². The molecule has 0 saturated carbocycles. The number of hydrogen-bond acceptors (Lipinski definition) is 5. The Balaban J connectivity index is 1.92. The van der Waals surface area contributed by atoms with Crippen molar-refractivity contribution in [3.63, 3.8) is 0 Å². The maximum absolute atomic E-state index is 11.9. The van der Waals surface area contributed by atoms with Crippen molar-refractivity contribution >= 4 is 65.9 Å². The number of ether oxygens (including phenoxy) is 2. The van der Waals surface area contributed by atoms with Crippen LogP contribution in [0.2, 0.25) is 0 Å². The van der Waals surface area contributed by atoms with Gasteiger partial charge in [-0.15, -0.1) is 0 Å². The summed E-state index contributed by atoms with van der Waals surface area (Å²) >= 11 is 10.1. The van der Waals surface area contributed by atoms with E-state index < -0.39 is 18.5 Å². The van der Waals surface area contributed by atoms with Crippen molar-refractivity contribution in [3.8, 4) is 11.5 Å². The largest absolute Gasteiger partial charge is 0.481 e. The lowest BCUT2D eigenvalue weighted by molar-refractivity contribution is -0.139. The smallest absolute Gasteiger partial charge is 0.341 e. The van der Waals surface area contributed by atoms with Crippen molar-refractivity contribution in [3.05, 3.63) is 55.4 Å². The third kappa shape index (κ3) is 6.96. The second-order valence-corrected chi connectivity index (χ2v) is 7.63. The van der Waals surface area contributed by atoms with E-state index in [0.29, 0.717) is 26.0 Å². The minimum atomic E-state index is -1.09. The Bertz CT molecular complexity index is 850. The van der Waals surface area contributed by atoms with Crippen LogP contribution in [0.25, 0.3) is 0 Å². The Kier molecular flexibility index (Phi) is 8.26. The molecule has 10 heteroatoms. The Labute approximate surface area is 180 Å². The molecule has 0 aliphatic rings. The number of carboxylic acid groups (broad SMARTS) is 1. The fourth-order valence-corrected chi connectivity index (χ4v) is 4.36. The number of aliphatic carboxylic acids is 1. The van der Waals surface area contributed by atoms with Crippen molar-refractivity contribution in [1.29, 1.82) is 0 Å². The molecule has 0 fully saturated rings. The highest BCUT2D eigenvalue weighted by Crippen LogP contribution is 2.36.